The minimum absolute atomic E-state index is 0.0918. The molecule has 0 fully saturated rings. The zero-order valence-electron chi connectivity index (χ0n) is 10.7. The highest BCUT2D eigenvalue weighted by atomic mass is 16.3. The third-order valence-corrected chi connectivity index (χ3v) is 3.06. The Balaban J connectivity index is 2.26. The number of hydrogen-bond donors (Lipinski definition) is 2. The molecule has 0 bridgehead atoms. The first-order valence-electron chi connectivity index (χ1n) is 6.18. The summed E-state index contributed by atoms with van der Waals surface area (Å²) in [6.07, 6.45) is 2.67. The van der Waals surface area contributed by atoms with Gasteiger partial charge in [-0.3, -0.25) is 4.98 Å². The fraction of sp³-hybridized carbons (Fsp3) is 0.267. The number of hydrogen-bond acceptors (Lipinski definition) is 3. The molecule has 0 aliphatic heterocycles. The number of benzene rings is 1. The average molecular weight is 242 g/mol. The van der Waals surface area contributed by atoms with Crippen molar-refractivity contribution in [3.05, 3.63) is 53.9 Å². The molecule has 0 aliphatic carbocycles. The van der Waals surface area contributed by atoms with E-state index in [1.807, 2.05) is 37.3 Å². The molecular formula is C15H18N2O. The smallest absolute Gasteiger partial charge is 0.120 e. The molecule has 0 spiro atoms. The van der Waals surface area contributed by atoms with Gasteiger partial charge in [0.05, 0.1) is 17.4 Å². The summed E-state index contributed by atoms with van der Waals surface area (Å²) in [6, 6.07) is 11.4. The molecular weight excluding hydrogens is 224 g/mol. The summed E-state index contributed by atoms with van der Waals surface area (Å²) in [4.78, 5) is 4.26. The number of pyridine rings is 1. The van der Waals surface area contributed by atoms with E-state index in [1.165, 1.54) is 0 Å². The van der Waals surface area contributed by atoms with Gasteiger partial charge in [-0.15, -0.1) is 0 Å². The van der Waals surface area contributed by atoms with Crippen molar-refractivity contribution >= 4 is 5.69 Å². The molecule has 2 rings (SSSR count). The van der Waals surface area contributed by atoms with E-state index >= 15 is 0 Å². The van der Waals surface area contributed by atoms with Crippen molar-refractivity contribution < 1.29 is 5.11 Å². The van der Waals surface area contributed by atoms with Crippen molar-refractivity contribution in [2.24, 2.45) is 0 Å². The maximum atomic E-state index is 9.90. The number of aromatic hydroxyl groups is 1. The van der Waals surface area contributed by atoms with Gasteiger partial charge in [0, 0.05) is 11.8 Å². The van der Waals surface area contributed by atoms with Crippen LogP contribution in [-0.4, -0.2) is 10.1 Å². The molecule has 0 saturated carbocycles. The first kappa shape index (κ1) is 12.4. The molecule has 18 heavy (non-hydrogen) atoms. The SMILES string of the molecule is CCC(Nc1cccnc1C)c1ccccc1O. The highest BCUT2D eigenvalue weighted by molar-refractivity contribution is 5.50. The Bertz CT molecular complexity index is 525. The Labute approximate surface area is 108 Å². The maximum absolute atomic E-state index is 9.90. The fourth-order valence-corrected chi connectivity index (χ4v) is 2.01. The molecule has 0 saturated heterocycles. The summed E-state index contributed by atoms with van der Waals surface area (Å²) in [5, 5.41) is 13.3. The molecule has 1 aromatic carbocycles. The zero-order chi connectivity index (χ0) is 13.0. The van der Waals surface area contributed by atoms with Crippen LogP contribution in [-0.2, 0) is 0 Å². The van der Waals surface area contributed by atoms with Crippen molar-refractivity contribution in [2.45, 2.75) is 26.3 Å². The lowest BCUT2D eigenvalue weighted by molar-refractivity contribution is 0.462. The second kappa shape index (κ2) is 5.54. The lowest BCUT2D eigenvalue weighted by Crippen LogP contribution is -2.11. The molecule has 2 aromatic rings. The van der Waals surface area contributed by atoms with Crippen molar-refractivity contribution in [3.63, 3.8) is 0 Å². The van der Waals surface area contributed by atoms with Crippen LogP contribution in [0.1, 0.15) is 30.6 Å². The van der Waals surface area contributed by atoms with Crippen LogP contribution >= 0.6 is 0 Å². The van der Waals surface area contributed by atoms with Gasteiger partial charge in [-0.2, -0.15) is 0 Å². The van der Waals surface area contributed by atoms with Gasteiger partial charge in [-0.25, -0.2) is 0 Å². The fourth-order valence-electron chi connectivity index (χ4n) is 2.01. The van der Waals surface area contributed by atoms with Gasteiger partial charge >= 0.3 is 0 Å². The van der Waals surface area contributed by atoms with Gasteiger partial charge in [0.2, 0.25) is 0 Å². The van der Waals surface area contributed by atoms with Gasteiger partial charge in [0.1, 0.15) is 5.75 Å². The Hall–Kier alpha value is -2.03. The predicted octanol–water partition coefficient (Wildman–Crippen LogP) is 3.66. The molecule has 0 aliphatic rings. The average Bonchev–Trinajstić information content (AvgIpc) is 2.39. The number of aromatic nitrogens is 1. The first-order chi connectivity index (χ1) is 8.72. The molecule has 0 radical (unpaired) electrons. The van der Waals surface area contributed by atoms with Gasteiger partial charge in [0.25, 0.3) is 0 Å². The van der Waals surface area contributed by atoms with E-state index < -0.39 is 0 Å². The van der Waals surface area contributed by atoms with Gasteiger partial charge in [-0.05, 0) is 31.5 Å². The second-order valence-electron chi connectivity index (χ2n) is 4.30. The van der Waals surface area contributed by atoms with Gasteiger partial charge < -0.3 is 10.4 Å². The number of rotatable bonds is 4. The Morgan fingerprint density at radius 2 is 2.00 bits per heavy atom. The zero-order valence-corrected chi connectivity index (χ0v) is 10.7. The highest BCUT2D eigenvalue weighted by Crippen LogP contribution is 2.29. The Kier molecular flexibility index (Phi) is 3.82. The van der Waals surface area contributed by atoms with E-state index in [9.17, 15) is 5.11 Å². The van der Waals surface area contributed by atoms with Crippen LogP contribution in [0, 0.1) is 6.92 Å². The Morgan fingerprint density at radius 3 is 2.67 bits per heavy atom. The van der Waals surface area contributed by atoms with Crippen LogP contribution in [0.25, 0.3) is 0 Å². The largest absolute Gasteiger partial charge is 0.508 e. The predicted molar refractivity (Wildman–Crippen MR) is 73.7 cm³/mol. The third kappa shape index (κ3) is 2.62. The topological polar surface area (TPSA) is 45.2 Å². The molecule has 1 atom stereocenters. The van der Waals surface area contributed by atoms with E-state index in [4.69, 9.17) is 0 Å². The normalized spacial score (nSPS) is 12.1. The number of para-hydroxylation sites is 1. The summed E-state index contributed by atoms with van der Waals surface area (Å²) < 4.78 is 0. The van der Waals surface area contributed by atoms with E-state index in [1.54, 1.807) is 12.3 Å². The molecule has 94 valence electrons. The van der Waals surface area contributed by atoms with Crippen LogP contribution in [0.5, 0.6) is 5.75 Å². The summed E-state index contributed by atoms with van der Waals surface area (Å²) in [5.41, 5.74) is 2.89. The molecule has 3 heteroatoms. The van der Waals surface area contributed by atoms with E-state index in [0.717, 1.165) is 23.4 Å². The van der Waals surface area contributed by atoms with Crippen LogP contribution in [0.3, 0.4) is 0 Å². The maximum Gasteiger partial charge on any atom is 0.120 e. The van der Waals surface area contributed by atoms with Gasteiger partial charge in [0.15, 0.2) is 0 Å². The minimum Gasteiger partial charge on any atom is -0.508 e. The van der Waals surface area contributed by atoms with E-state index in [2.05, 4.69) is 17.2 Å². The molecule has 2 N–H and O–H groups in total. The lowest BCUT2D eigenvalue weighted by atomic mass is 10.0. The summed E-state index contributed by atoms with van der Waals surface area (Å²) in [5.74, 6) is 0.332. The van der Waals surface area contributed by atoms with Crippen molar-refractivity contribution in [1.82, 2.24) is 4.98 Å². The van der Waals surface area contributed by atoms with Crippen molar-refractivity contribution in [1.29, 1.82) is 0 Å². The number of aryl methyl sites for hydroxylation is 1. The summed E-state index contributed by atoms with van der Waals surface area (Å²) in [6.45, 7) is 4.07. The number of phenols is 1. The highest BCUT2D eigenvalue weighted by Gasteiger charge is 2.13. The number of nitrogens with one attached hydrogen (secondary N) is 1. The standard InChI is InChI=1S/C15H18N2O/c1-3-13(12-7-4-5-9-15(12)18)17-14-8-6-10-16-11(14)2/h4-10,13,17-18H,3H2,1-2H3. The monoisotopic (exact) mass is 242 g/mol. The number of anilines is 1. The van der Waals surface area contributed by atoms with Crippen LogP contribution in [0.15, 0.2) is 42.6 Å². The minimum atomic E-state index is 0.0918. The summed E-state index contributed by atoms with van der Waals surface area (Å²) >= 11 is 0. The quantitative estimate of drug-likeness (QED) is 0.860. The molecule has 3 nitrogen and oxygen atoms in total. The van der Waals surface area contributed by atoms with E-state index in [0.29, 0.717) is 5.75 Å². The lowest BCUT2D eigenvalue weighted by Gasteiger charge is -2.20. The van der Waals surface area contributed by atoms with Crippen LogP contribution < -0.4 is 5.32 Å². The second-order valence-corrected chi connectivity index (χ2v) is 4.30. The third-order valence-electron chi connectivity index (χ3n) is 3.06. The number of nitrogens with zero attached hydrogens (tertiary/aromatic N) is 1. The molecule has 1 heterocycles. The molecule has 0 amide bonds. The van der Waals surface area contributed by atoms with Crippen molar-refractivity contribution in [3.8, 4) is 5.75 Å². The van der Waals surface area contributed by atoms with Crippen LogP contribution in [0.2, 0.25) is 0 Å². The Morgan fingerprint density at radius 1 is 1.22 bits per heavy atom. The summed E-state index contributed by atoms with van der Waals surface area (Å²) in [7, 11) is 0. The molecule has 1 unspecified atom stereocenters. The van der Waals surface area contributed by atoms with Crippen LogP contribution in [0.4, 0.5) is 5.69 Å². The first-order valence-corrected chi connectivity index (χ1v) is 6.18. The molecule has 1 aromatic heterocycles. The van der Waals surface area contributed by atoms with E-state index in [-0.39, 0.29) is 6.04 Å². The van der Waals surface area contributed by atoms with Crippen molar-refractivity contribution in [2.75, 3.05) is 5.32 Å². The number of phenolic OH excluding ortho intramolecular Hbond substituents is 1. The van der Waals surface area contributed by atoms with Gasteiger partial charge in [-0.1, -0.05) is 25.1 Å².